The van der Waals surface area contributed by atoms with E-state index in [2.05, 4.69) is 11.4 Å². The summed E-state index contributed by atoms with van der Waals surface area (Å²) in [5.41, 5.74) is 3.29. The second-order valence-corrected chi connectivity index (χ2v) is 7.28. The Morgan fingerprint density at radius 1 is 1.21 bits per heavy atom. The fraction of sp³-hybridized carbons (Fsp3) is 0.316. The summed E-state index contributed by atoms with van der Waals surface area (Å²) in [6, 6.07) is 11.4. The van der Waals surface area contributed by atoms with Crippen LogP contribution in [0.15, 0.2) is 36.4 Å². The largest absolute Gasteiger partial charge is 0.467 e. The zero-order valence-electron chi connectivity index (χ0n) is 13.9. The summed E-state index contributed by atoms with van der Waals surface area (Å²) in [6.07, 6.45) is 0.666. The Morgan fingerprint density at radius 3 is 2.62 bits per heavy atom. The van der Waals surface area contributed by atoms with Crippen LogP contribution in [0.4, 0.5) is 10.5 Å². The molecule has 5 heteroatoms. The number of benzene rings is 2. The van der Waals surface area contributed by atoms with E-state index in [1.165, 1.54) is 0 Å². The van der Waals surface area contributed by atoms with Crippen molar-refractivity contribution < 1.29 is 9.53 Å². The normalized spacial score (nSPS) is 24.9. The first-order valence-corrected chi connectivity index (χ1v) is 8.41. The molecule has 2 aliphatic heterocycles. The summed E-state index contributed by atoms with van der Waals surface area (Å²) in [4.78, 5) is 14.6. The molecule has 4 rings (SSSR count). The smallest absolute Gasteiger partial charge is 0.325 e. The number of hydrogen-bond donors (Lipinski definition) is 1. The molecule has 2 aromatic rings. The van der Waals surface area contributed by atoms with Crippen LogP contribution in [0.3, 0.4) is 0 Å². The number of carbonyl (C=O) groups is 1. The lowest BCUT2D eigenvalue weighted by molar-refractivity contribution is 0.0379. The van der Waals surface area contributed by atoms with E-state index in [1.54, 1.807) is 4.90 Å². The Kier molecular flexibility index (Phi) is 3.29. The standard InChI is InChI=1S/C19H19ClN2O2/c1-11-6-12(2)8-14(7-11)22-18(23)21-16-10-19(22,3)24-17-5-4-13(20)9-15(16)17/h4-9,16H,10H2,1-3H3,(H,21,23)/t16-,19-/m0/s1. The van der Waals surface area contributed by atoms with Gasteiger partial charge in [-0.3, -0.25) is 4.90 Å². The van der Waals surface area contributed by atoms with Crippen LogP contribution in [-0.4, -0.2) is 11.8 Å². The summed E-state index contributed by atoms with van der Waals surface area (Å²) in [5.74, 6) is 0.771. The van der Waals surface area contributed by atoms with Crippen LogP contribution in [0.2, 0.25) is 5.02 Å². The molecule has 0 radical (unpaired) electrons. The van der Waals surface area contributed by atoms with E-state index in [0.717, 1.165) is 28.1 Å². The number of nitrogens with one attached hydrogen (secondary N) is 1. The average Bonchev–Trinajstić information content (AvgIpc) is 2.46. The number of ether oxygens (including phenoxy) is 1. The molecule has 2 aliphatic rings. The van der Waals surface area contributed by atoms with Gasteiger partial charge in [0.05, 0.1) is 6.04 Å². The van der Waals surface area contributed by atoms with Gasteiger partial charge in [-0.25, -0.2) is 4.79 Å². The molecule has 0 spiro atoms. The van der Waals surface area contributed by atoms with Crippen molar-refractivity contribution in [3.63, 3.8) is 0 Å². The first-order valence-electron chi connectivity index (χ1n) is 8.03. The lowest BCUT2D eigenvalue weighted by Gasteiger charge is -2.50. The Labute approximate surface area is 146 Å². The van der Waals surface area contributed by atoms with E-state index in [9.17, 15) is 4.79 Å². The molecule has 2 atom stereocenters. The molecule has 0 aromatic heterocycles. The highest BCUT2D eigenvalue weighted by molar-refractivity contribution is 6.30. The molecule has 2 aromatic carbocycles. The summed E-state index contributed by atoms with van der Waals surface area (Å²) in [5, 5.41) is 3.74. The molecule has 24 heavy (non-hydrogen) atoms. The van der Waals surface area contributed by atoms with E-state index in [0.29, 0.717) is 11.4 Å². The van der Waals surface area contributed by atoms with Gasteiger partial charge in [-0.1, -0.05) is 17.7 Å². The highest BCUT2D eigenvalue weighted by Gasteiger charge is 2.49. The van der Waals surface area contributed by atoms with Gasteiger partial charge in [0.2, 0.25) is 0 Å². The molecule has 2 bridgehead atoms. The lowest BCUT2D eigenvalue weighted by atomic mass is 9.90. The van der Waals surface area contributed by atoms with Gasteiger partial charge in [0, 0.05) is 22.7 Å². The van der Waals surface area contributed by atoms with Crippen LogP contribution >= 0.6 is 11.6 Å². The molecule has 2 heterocycles. The van der Waals surface area contributed by atoms with Crippen molar-refractivity contribution in [2.45, 2.75) is 39.0 Å². The molecule has 0 aliphatic carbocycles. The van der Waals surface area contributed by atoms with E-state index in [-0.39, 0.29) is 12.1 Å². The van der Waals surface area contributed by atoms with Crippen LogP contribution in [0.1, 0.15) is 36.1 Å². The number of anilines is 1. The molecule has 4 nitrogen and oxygen atoms in total. The van der Waals surface area contributed by atoms with Crippen molar-refractivity contribution in [3.05, 3.63) is 58.1 Å². The topological polar surface area (TPSA) is 41.6 Å². The van der Waals surface area contributed by atoms with Crippen LogP contribution in [0, 0.1) is 13.8 Å². The van der Waals surface area contributed by atoms with Gasteiger partial charge in [0.25, 0.3) is 0 Å². The zero-order chi connectivity index (χ0) is 17.1. The minimum Gasteiger partial charge on any atom is -0.467 e. The third-order valence-electron chi connectivity index (χ3n) is 4.70. The number of hydrogen-bond acceptors (Lipinski definition) is 2. The molecule has 1 fully saturated rings. The first-order chi connectivity index (χ1) is 11.4. The molecule has 124 valence electrons. The van der Waals surface area contributed by atoms with E-state index in [1.807, 2.05) is 51.1 Å². The van der Waals surface area contributed by atoms with Crippen LogP contribution < -0.4 is 15.0 Å². The van der Waals surface area contributed by atoms with Gasteiger partial charge < -0.3 is 10.1 Å². The maximum atomic E-state index is 12.8. The highest BCUT2D eigenvalue weighted by Crippen LogP contribution is 2.46. The highest BCUT2D eigenvalue weighted by atomic mass is 35.5. The summed E-state index contributed by atoms with van der Waals surface area (Å²) < 4.78 is 6.27. The Morgan fingerprint density at radius 2 is 1.92 bits per heavy atom. The SMILES string of the molecule is Cc1cc(C)cc(N2C(=O)N[C@H]3C[C@]2(C)Oc2ccc(Cl)cc23)c1. The second kappa shape index (κ2) is 5.15. The number of rotatable bonds is 1. The number of fused-ring (bicyclic) bond motifs is 4. The van der Waals surface area contributed by atoms with Gasteiger partial charge in [-0.05, 0) is 62.2 Å². The van der Waals surface area contributed by atoms with Crippen molar-refractivity contribution in [2.75, 3.05) is 4.90 Å². The predicted molar refractivity (Wildman–Crippen MR) is 94.8 cm³/mol. The number of carbonyl (C=O) groups excluding carboxylic acids is 1. The minimum atomic E-state index is -0.728. The maximum Gasteiger partial charge on any atom is 0.325 e. The molecule has 2 amide bonds. The van der Waals surface area contributed by atoms with Crippen LogP contribution in [0.5, 0.6) is 5.75 Å². The fourth-order valence-corrected chi connectivity index (χ4v) is 4.00. The van der Waals surface area contributed by atoms with Gasteiger partial charge in [0.1, 0.15) is 5.75 Å². The Balaban J connectivity index is 1.82. The molecular formula is C19H19ClN2O2. The minimum absolute atomic E-state index is 0.0906. The summed E-state index contributed by atoms with van der Waals surface area (Å²) >= 11 is 6.11. The third-order valence-corrected chi connectivity index (χ3v) is 4.93. The molecule has 1 saturated heterocycles. The van der Waals surface area contributed by atoms with Gasteiger partial charge in [-0.2, -0.15) is 0 Å². The quantitative estimate of drug-likeness (QED) is 0.814. The monoisotopic (exact) mass is 342 g/mol. The first kappa shape index (κ1) is 15.3. The van der Waals surface area contributed by atoms with Crippen molar-refractivity contribution >= 4 is 23.3 Å². The van der Waals surface area contributed by atoms with Crippen LogP contribution in [-0.2, 0) is 0 Å². The van der Waals surface area contributed by atoms with Gasteiger partial charge in [-0.15, -0.1) is 0 Å². The molecule has 0 saturated carbocycles. The summed E-state index contributed by atoms with van der Waals surface area (Å²) in [7, 11) is 0. The third kappa shape index (κ3) is 2.33. The van der Waals surface area contributed by atoms with Gasteiger partial charge >= 0.3 is 6.03 Å². The van der Waals surface area contributed by atoms with Crippen molar-refractivity contribution in [1.29, 1.82) is 0 Å². The Bertz CT molecular complexity index is 831. The van der Waals surface area contributed by atoms with Crippen LogP contribution in [0.25, 0.3) is 0 Å². The van der Waals surface area contributed by atoms with Crippen molar-refractivity contribution in [1.82, 2.24) is 5.32 Å². The molecular weight excluding hydrogens is 324 g/mol. The van der Waals surface area contributed by atoms with E-state index >= 15 is 0 Å². The number of amides is 2. The second-order valence-electron chi connectivity index (χ2n) is 6.85. The van der Waals surface area contributed by atoms with Gasteiger partial charge in [0.15, 0.2) is 5.72 Å². The maximum absolute atomic E-state index is 12.8. The number of urea groups is 1. The number of nitrogens with zero attached hydrogens (tertiary/aromatic N) is 1. The fourth-order valence-electron chi connectivity index (χ4n) is 3.82. The number of aryl methyl sites for hydroxylation is 2. The predicted octanol–water partition coefficient (Wildman–Crippen LogP) is 4.73. The zero-order valence-corrected chi connectivity index (χ0v) is 14.6. The Hall–Kier alpha value is -2.20. The molecule has 1 N–H and O–H groups in total. The average molecular weight is 343 g/mol. The van der Waals surface area contributed by atoms with E-state index in [4.69, 9.17) is 16.3 Å². The van der Waals surface area contributed by atoms with Crippen molar-refractivity contribution in [3.8, 4) is 5.75 Å². The summed E-state index contributed by atoms with van der Waals surface area (Å²) in [6.45, 7) is 6.03. The number of halogens is 1. The lowest BCUT2D eigenvalue weighted by Crippen LogP contribution is -2.65. The van der Waals surface area contributed by atoms with E-state index < -0.39 is 5.72 Å². The molecule has 0 unspecified atom stereocenters. The van der Waals surface area contributed by atoms with Crippen molar-refractivity contribution in [2.24, 2.45) is 0 Å².